The van der Waals surface area contributed by atoms with E-state index in [1.54, 1.807) is 47.3 Å². The Kier molecular flexibility index (Phi) is 6.28. The summed E-state index contributed by atoms with van der Waals surface area (Å²) in [5.74, 6) is 0.434. The fourth-order valence-corrected chi connectivity index (χ4v) is 5.50. The van der Waals surface area contributed by atoms with Crippen LogP contribution < -0.4 is 11.0 Å². The van der Waals surface area contributed by atoms with Crippen LogP contribution in [0.2, 0.25) is 5.02 Å². The summed E-state index contributed by atoms with van der Waals surface area (Å²) in [6.07, 6.45) is 6.63. The van der Waals surface area contributed by atoms with E-state index in [1.807, 2.05) is 41.9 Å². The van der Waals surface area contributed by atoms with Crippen molar-refractivity contribution in [2.24, 2.45) is 0 Å². The second-order valence-electron chi connectivity index (χ2n) is 10.0. The standard InChI is InChI=1S/C28H28ClN7O3/c1-33(2)16-24-30-11-13-34(24)18-6-8-19(9-7-18)36-27(38)25-22(4-3-12-35(25)28(36)39)32-26(37)17-5-10-20-21(29)15-31-23(20)14-17/h5-11,13-15,22,31,38H,3-4,12,16H2,1-2H3,(H,32,37)/t22-/m1/s1. The Hall–Kier alpha value is -4.28. The lowest BCUT2D eigenvalue weighted by Gasteiger charge is -2.24. The highest BCUT2D eigenvalue weighted by molar-refractivity contribution is 6.35. The first-order valence-electron chi connectivity index (χ1n) is 12.7. The molecule has 5 aromatic rings. The van der Waals surface area contributed by atoms with Crippen LogP contribution in [0.4, 0.5) is 0 Å². The van der Waals surface area contributed by atoms with Crippen molar-refractivity contribution in [1.29, 1.82) is 0 Å². The van der Waals surface area contributed by atoms with Crippen LogP contribution in [0, 0.1) is 0 Å². The summed E-state index contributed by atoms with van der Waals surface area (Å²) in [6.45, 7) is 1.15. The molecule has 0 aliphatic carbocycles. The van der Waals surface area contributed by atoms with Crippen LogP contribution in [0.1, 0.15) is 40.8 Å². The summed E-state index contributed by atoms with van der Waals surface area (Å²) < 4.78 is 4.84. The highest BCUT2D eigenvalue weighted by atomic mass is 35.5. The van der Waals surface area contributed by atoms with E-state index in [-0.39, 0.29) is 17.5 Å². The Morgan fingerprint density at radius 1 is 1.21 bits per heavy atom. The molecule has 0 spiro atoms. The van der Waals surface area contributed by atoms with Gasteiger partial charge in [0.15, 0.2) is 0 Å². The molecule has 200 valence electrons. The third-order valence-corrected chi connectivity index (χ3v) is 7.43. The predicted octanol–water partition coefficient (Wildman–Crippen LogP) is 3.99. The molecule has 1 aliphatic heterocycles. The summed E-state index contributed by atoms with van der Waals surface area (Å²) in [5, 5.41) is 15.7. The Balaban J connectivity index is 1.29. The van der Waals surface area contributed by atoms with Crippen molar-refractivity contribution < 1.29 is 9.90 Å². The maximum absolute atomic E-state index is 13.4. The number of aromatic amines is 1. The monoisotopic (exact) mass is 545 g/mol. The number of nitrogens with zero attached hydrogens (tertiary/aromatic N) is 5. The SMILES string of the molecule is CN(C)Cc1nccn1-c1ccc(-n2c(O)c3n(c2=O)CCC[C@H]3NC(=O)c2ccc3c(Cl)c[nH]c3c2)cc1. The minimum Gasteiger partial charge on any atom is -0.493 e. The van der Waals surface area contributed by atoms with Crippen LogP contribution in [0.25, 0.3) is 22.3 Å². The molecule has 39 heavy (non-hydrogen) atoms. The van der Waals surface area contributed by atoms with Crippen LogP contribution >= 0.6 is 11.6 Å². The number of benzene rings is 2. The van der Waals surface area contributed by atoms with E-state index in [9.17, 15) is 14.7 Å². The van der Waals surface area contributed by atoms with Crippen LogP contribution in [-0.4, -0.2) is 53.7 Å². The topological polar surface area (TPSA) is 113 Å². The number of H-pyrrole nitrogens is 1. The molecular weight excluding hydrogens is 518 g/mol. The van der Waals surface area contributed by atoms with Crippen LogP contribution in [0.15, 0.2) is 65.8 Å². The molecule has 3 N–H and O–H groups in total. The van der Waals surface area contributed by atoms with E-state index in [0.717, 1.165) is 22.4 Å². The van der Waals surface area contributed by atoms with Crippen molar-refractivity contribution >= 4 is 28.4 Å². The normalized spacial score (nSPS) is 15.1. The van der Waals surface area contributed by atoms with Gasteiger partial charge in [-0.1, -0.05) is 17.7 Å². The third-order valence-electron chi connectivity index (χ3n) is 7.12. The first-order valence-corrected chi connectivity index (χ1v) is 13.1. The molecule has 1 atom stereocenters. The van der Waals surface area contributed by atoms with Gasteiger partial charge >= 0.3 is 5.69 Å². The lowest BCUT2D eigenvalue weighted by molar-refractivity contribution is 0.0928. The number of aromatic hydroxyl groups is 1. The van der Waals surface area contributed by atoms with Crippen molar-refractivity contribution in [2.45, 2.75) is 32.0 Å². The van der Waals surface area contributed by atoms with Gasteiger partial charge in [-0.3, -0.25) is 9.36 Å². The van der Waals surface area contributed by atoms with Crippen molar-refractivity contribution in [2.75, 3.05) is 14.1 Å². The van der Waals surface area contributed by atoms with Crippen LogP contribution in [0.3, 0.4) is 0 Å². The lowest BCUT2D eigenvalue weighted by Crippen LogP contribution is -2.35. The number of hydrogen-bond acceptors (Lipinski definition) is 5. The summed E-state index contributed by atoms with van der Waals surface area (Å²) in [5.41, 5.74) is 2.73. The number of aromatic nitrogens is 5. The molecule has 0 radical (unpaired) electrons. The minimum absolute atomic E-state index is 0.166. The van der Waals surface area contributed by atoms with E-state index < -0.39 is 6.04 Å². The van der Waals surface area contributed by atoms with Gasteiger partial charge in [0.1, 0.15) is 11.5 Å². The Morgan fingerprint density at radius 3 is 2.74 bits per heavy atom. The van der Waals surface area contributed by atoms with Gasteiger partial charge in [0.05, 0.1) is 23.3 Å². The summed E-state index contributed by atoms with van der Waals surface area (Å²) in [6, 6.07) is 12.1. The molecular formula is C28H28ClN7O3. The Bertz CT molecular complexity index is 1740. The van der Waals surface area contributed by atoms with Gasteiger partial charge in [0.2, 0.25) is 5.88 Å². The van der Waals surface area contributed by atoms with Gasteiger partial charge in [0, 0.05) is 47.3 Å². The smallest absolute Gasteiger partial charge is 0.335 e. The quantitative estimate of drug-likeness (QED) is 0.298. The number of carbonyl (C=O) groups is 1. The zero-order chi connectivity index (χ0) is 27.3. The number of halogens is 1. The molecule has 4 heterocycles. The van der Waals surface area contributed by atoms with Crippen LogP contribution in [-0.2, 0) is 13.1 Å². The number of rotatable bonds is 6. The average molecular weight is 546 g/mol. The first kappa shape index (κ1) is 25.0. The van der Waals surface area contributed by atoms with Crippen molar-refractivity contribution in [3.05, 3.63) is 93.6 Å². The van der Waals surface area contributed by atoms with Crippen molar-refractivity contribution in [1.82, 2.24) is 33.9 Å². The third kappa shape index (κ3) is 4.41. The maximum Gasteiger partial charge on any atom is 0.335 e. The highest BCUT2D eigenvalue weighted by Gasteiger charge is 2.31. The lowest BCUT2D eigenvalue weighted by atomic mass is 10.0. The van der Waals surface area contributed by atoms with E-state index in [4.69, 9.17) is 11.6 Å². The summed E-state index contributed by atoms with van der Waals surface area (Å²) in [7, 11) is 3.97. The summed E-state index contributed by atoms with van der Waals surface area (Å²) in [4.78, 5) is 36.1. The molecule has 6 rings (SSSR count). The number of hydrogen-bond donors (Lipinski definition) is 3. The predicted molar refractivity (Wildman–Crippen MR) is 149 cm³/mol. The van der Waals surface area contributed by atoms with E-state index in [1.165, 1.54) is 4.57 Å². The Morgan fingerprint density at radius 2 is 1.97 bits per heavy atom. The van der Waals surface area contributed by atoms with Gasteiger partial charge in [-0.05, 0) is 63.3 Å². The molecule has 11 heteroatoms. The molecule has 0 saturated carbocycles. The molecule has 0 unspecified atom stereocenters. The number of imidazole rings is 2. The minimum atomic E-state index is -0.512. The first-order chi connectivity index (χ1) is 18.8. The average Bonchev–Trinajstić information content (AvgIpc) is 3.60. The van der Waals surface area contributed by atoms with Gasteiger partial charge in [-0.2, -0.15) is 0 Å². The fraction of sp³-hybridized carbons (Fsp3) is 0.250. The zero-order valence-electron chi connectivity index (χ0n) is 21.6. The zero-order valence-corrected chi connectivity index (χ0v) is 22.3. The second-order valence-corrected chi connectivity index (χ2v) is 10.4. The molecule has 0 fully saturated rings. The molecule has 3 aromatic heterocycles. The van der Waals surface area contributed by atoms with Gasteiger partial charge < -0.3 is 24.9 Å². The second kappa shape index (κ2) is 9.79. The molecule has 2 aromatic carbocycles. The molecule has 10 nitrogen and oxygen atoms in total. The maximum atomic E-state index is 13.4. The number of carbonyl (C=O) groups excluding carboxylic acids is 1. The van der Waals surface area contributed by atoms with Gasteiger partial charge in [-0.25, -0.2) is 14.3 Å². The van der Waals surface area contributed by atoms with Crippen LogP contribution in [0.5, 0.6) is 5.88 Å². The number of nitrogens with one attached hydrogen (secondary N) is 2. The van der Waals surface area contributed by atoms with E-state index in [2.05, 4.69) is 15.3 Å². The number of amides is 1. The van der Waals surface area contributed by atoms with E-state index in [0.29, 0.717) is 47.9 Å². The van der Waals surface area contributed by atoms with Crippen molar-refractivity contribution in [3.8, 4) is 17.3 Å². The van der Waals surface area contributed by atoms with E-state index >= 15 is 0 Å². The van der Waals surface area contributed by atoms with Gasteiger partial charge in [0.25, 0.3) is 5.91 Å². The number of fused-ring (bicyclic) bond motifs is 2. The molecule has 0 saturated heterocycles. The van der Waals surface area contributed by atoms with Gasteiger partial charge in [-0.15, -0.1) is 0 Å². The fourth-order valence-electron chi connectivity index (χ4n) is 5.28. The highest BCUT2D eigenvalue weighted by Crippen LogP contribution is 2.33. The molecule has 0 bridgehead atoms. The largest absolute Gasteiger partial charge is 0.493 e. The molecule has 1 amide bonds. The van der Waals surface area contributed by atoms with Crippen molar-refractivity contribution in [3.63, 3.8) is 0 Å². The molecule has 1 aliphatic rings. The summed E-state index contributed by atoms with van der Waals surface area (Å²) >= 11 is 6.16. The Labute approximate surface area is 229 Å².